The van der Waals surface area contributed by atoms with Gasteiger partial charge in [0.05, 0.1) is 48.8 Å². The molecule has 18 nitrogen and oxygen atoms in total. The van der Waals surface area contributed by atoms with Crippen molar-refractivity contribution in [3.63, 3.8) is 0 Å². The van der Waals surface area contributed by atoms with Crippen molar-refractivity contribution in [2.45, 2.75) is 35.6 Å². The van der Waals surface area contributed by atoms with Gasteiger partial charge in [-0.05, 0) is 73.1 Å². The Morgan fingerprint density at radius 1 is 0.983 bits per heavy atom. The summed E-state index contributed by atoms with van der Waals surface area (Å²) < 4.78 is 52.8. The minimum atomic E-state index is -4.18. The summed E-state index contributed by atoms with van der Waals surface area (Å²) in [5.74, 6) is 0.261. The molecular formula is C40H43ClN8O10S. The number of anilines is 4. The monoisotopic (exact) mass is 862 g/mol. The van der Waals surface area contributed by atoms with Crippen LogP contribution in [0, 0.1) is 5.21 Å². The fourth-order valence-electron chi connectivity index (χ4n) is 6.07. The van der Waals surface area contributed by atoms with Gasteiger partial charge in [0.1, 0.15) is 16.5 Å². The number of hydrogen-bond donors (Lipinski definition) is 2. The minimum absolute atomic E-state index is 0.0777. The molecule has 0 unspecified atom stereocenters. The number of piperazine rings is 1. The second-order valence-electron chi connectivity index (χ2n) is 13.3. The predicted molar refractivity (Wildman–Crippen MR) is 220 cm³/mol. The van der Waals surface area contributed by atoms with Crippen molar-refractivity contribution >= 4 is 56.3 Å². The van der Waals surface area contributed by atoms with Crippen LogP contribution in [0.25, 0.3) is 0 Å². The third-order valence-electron chi connectivity index (χ3n) is 9.13. The van der Waals surface area contributed by atoms with E-state index in [1.54, 1.807) is 49.6 Å². The first-order chi connectivity index (χ1) is 29.0. The molecule has 3 aromatic carbocycles. The number of nitrogens with one attached hydrogen (secondary N) is 2. The van der Waals surface area contributed by atoms with Crippen LogP contribution in [-0.4, -0.2) is 93.4 Å². The predicted octanol–water partition coefficient (Wildman–Crippen LogP) is 5.56. The molecule has 0 atom stereocenters. The fraction of sp³-hybridized carbons (Fsp3) is 0.300. The highest BCUT2D eigenvalue weighted by Crippen LogP contribution is 2.34. The van der Waals surface area contributed by atoms with Gasteiger partial charge in [-0.3, -0.25) is 19.1 Å². The Morgan fingerprint density at radius 2 is 1.75 bits per heavy atom. The summed E-state index contributed by atoms with van der Waals surface area (Å²) in [6, 6.07) is 20.0. The smallest absolute Gasteiger partial charge is 0.414 e. The molecule has 1 aliphatic heterocycles. The molecule has 1 fully saturated rings. The number of rotatable bonds is 20. The van der Waals surface area contributed by atoms with Crippen molar-refractivity contribution in [1.29, 1.82) is 0 Å². The van der Waals surface area contributed by atoms with Gasteiger partial charge in [-0.2, -0.15) is 4.98 Å². The Hall–Kier alpha value is -6.44. The third kappa shape index (κ3) is 11.4. The molecule has 0 radical (unpaired) electrons. The average molecular weight is 863 g/mol. The minimum Gasteiger partial charge on any atom is -0.494 e. The van der Waals surface area contributed by atoms with E-state index in [1.165, 1.54) is 24.4 Å². The maximum atomic E-state index is 12.9. The van der Waals surface area contributed by atoms with E-state index in [1.807, 2.05) is 18.2 Å². The van der Waals surface area contributed by atoms with Gasteiger partial charge in [0.15, 0.2) is 0 Å². The molecule has 1 aliphatic rings. The van der Waals surface area contributed by atoms with E-state index in [4.69, 9.17) is 30.5 Å². The quantitative estimate of drug-likeness (QED) is 0.0424. The molecule has 5 aromatic rings. The van der Waals surface area contributed by atoms with Crippen molar-refractivity contribution in [1.82, 2.24) is 20.0 Å². The van der Waals surface area contributed by atoms with Crippen LogP contribution in [0.5, 0.6) is 23.3 Å². The topological polar surface area (TPSA) is 214 Å². The largest absolute Gasteiger partial charge is 0.494 e. The molecular weight excluding hydrogens is 820 g/mol. The van der Waals surface area contributed by atoms with Crippen molar-refractivity contribution < 1.29 is 46.5 Å². The van der Waals surface area contributed by atoms with E-state index in [2.05, 4.69) is 46.8 Å². The molecule has 0 bridgehead atoms. The summed E-state index contributed by atoms with van der Waals surface area (Å²) >= 11 is 6.34. The highest BCUT2D eigenvalue weighted by molar-refractivity contribution is 7.91. The molecule has 1 amide bonds. The molecule has 316 valence electrons. The van der Waals surface area contributed by atoms with E-state index >= 15 is 0 Å². The van der Waals surface area contributed by atoms with E-state index in [0.717, 1.165) is 18.5 Å². The van der Waals surface area contributed by atoms with E-state index in [9.17, 15) is 23.2 Å². The number of methoxy groups -OCH3 is 1. The van der Waals surface area contributed by atoms with Crippen LogP contribution in [0.15, 0.2) is 106 Å². The maximum Gasteiger partial charge on any atom is 0.414 e. The van der Waals surface area contributed by atoms with E-state index < -0.39 is 14.9 Å². The summed E-state index contributed by atoms with van der Waals surface area (Å²) in [6.45, 7) is 6.74. The fourth-order valence-corrected chi connectivity index (χ4v) is 7.50. The molecule has 0 spiro atoms. The molecule has 0 saturated carbocycles. The van der Waals surface area contributed by atoms with Gasteiger partial charge >= 0.3 is 16.9 Å². The van der Waals surface area contributed by atoms with Crippen LogP contribution in [0.4, 0.5) is 23.0 Å². The van der Waals surface area contributed by atoms with Gasteiger partial charge in [-0.1, -0.05) is 42.4 Å². The molecule has 2 aromatic heterocycles. The van der Waals surface area contributed by atoms with Crippen LogP contribution in [0.2, 0.25) is 5.02 Å². The third-order valence-corrected chi connectivity index (χ3v) is 11.1. The van der Waals surface area contributed by atoms with Crippen LogP contribution < -0.4 is 34.6 Å². The summed E-state index contributed by atoms with van der Waals surface area (Å²) in [7, 11) is -2.61. The molecule has 3 heterocycles. The van der Waals surface area contributed by atoms with Gasteiger partial charge in [0, 0.05) is 49.7 Å². The zero-order chi connectivity index (χ0) is 42.5. The van der Waals surface area contributed by atoms with Crippen molar-refractivity contribution in [2.75, 3.05) is 68.6 Å². The number of benzene rings is 3. The normalized spacial score (nSPS) is 13.0. The second kappa shape index (κ2) is 20.5. The number of unbranched alkanes of at least 4 members (excludes halogenated alkanes) is 3. The molecule has 0 aliphatic carbocycles. The van der Waals surface area contributed by atoms with Crippen LogP contribution >= 0.6 is 11.6 Å². The Balaban J connectivity index is 0.894. The van der Waals surface area contributed by atoms with Crippen molar-refractivity contribution in [3.05, 3.63) is 102 Å². The number of nitrogens with zero attached hydrogens (tertiary/aromatic N) is 6. The average Bonchev–Trinajstić information content (AvgIpc) is 3.64. The lowest BCUT2D eigenvalue weighted by Crippen LogP contribution is -2.48. The number of ether oxygens (including phenoxy) is 4. The van der Waals surface area contributed by atoms with Crippen LogP contribution in [0.3, 0.4) is 0 Å². The zero-order valence-electron chi connectivity index (χ0n) is 32.6. The second-order valence-corrected chi connectivity index (χ2v) is 15.6. The maximum absolute atomic E-state index is 12.9. The van der Waals surface area contributed by atoms with E-state index in [-0.39, 0.29) is 64.2 Å². The molecule has 6 rings (SSSR count). The Labute approximate surface area is 351 Å². The van der Waals surface area contributed by atoms with Gasteiger partial charge in [0.25, 0.3) is 9.84 Å². The van der Waals surface area contributed by atoms with Gasteiger partial charge in [-0.15, -0.1) is 0 Å². The summed E-state index contributed by atoms with van der Waals surface area (Å²) in [5.41, 5.74) is 2.08. The molecule has 60 heavy (non-hydrogen) atoms. The summed E-state index contributed by atoms with van der Waals surface area (Å²) in [4.78, 5) is 37.0. The number of sulfone groups is 1. The number of carbonyl (C=O) groups excluding carboxylic acids is 2. The lowest BCUT2D eigenvalue weighted by Gasteiger charge is -2.35. The molecule has 20 heteroatoms. The van der Waals surface area contributed by atoms with Gasteiger partial charge in [0.2, 0.25) is 17.7 Å². The van der Waals surface area contributed by atoms with E-state index in [0.29, 0.717) is 61.9 Å². The highest BCUT2D eigenvalue weighted by atomic mass is 35.5. The zero-order valence-corrected chi connectivity index (χ0v) is 34.2. The number of amides is 1. The Kier molecular flexibility index (Phi) is 14.7. The Bertz CT molecular complexity index is 2380. The van der Waals surface area contributed by atoms with Crippen molar-refractivity contribution in [3.8, 4) is 23.3 Å². The van der Waals surface area contributed by atoms with Gasteiger partial charge < -0.3 is 39.7 Å². The SMILES string of the molecule is C=CC(=O)Nc1cccc(Oc2nc(Nc3ccc(N4CCN(CC(=O)OCCCCCCOc5no[n+]([O-])c5S(=O)(=O)c5ccccc5)CC4)cc3OC)ncc2Cl)c1. The lowest BCUT2D eigenvalue weighted by atomic mass is 10.2. The van der Waals surface area contributed by atoms with Crippen molar-refractivity contribution in [2.24, 2.45) is 0 Å². The first-order valence-corrected chi connectivity index (χ1v) is 20.7. The van der Waals surface area contributed by atoms with Crippen LogP contribution in [0.1, 0.15) is 25.7 Å². The summed E-state index contributed by atoms with van der Waals surface area (Å²) in [6.07, 6.45) is 5.27. The first kappa shape index (κ1) is 43.1. The van der Waals surface area contributed by atoms with Gasteiger partial charge in [-0.25, -0.2) is 13.4 Å². The standard InChI is InChI=1S/C40H43ClN8O10S/c1-3-35(50)43-28-12-11-13-30(24-28)58-37-32(41)26-42-40(45-37)44-33-17-16-29(25-34(33)55-2)48-20-18-47(19-21-48)27-36(51)56-22-9-4-5-10-23-57-38-39(49(52)59-46-38)60(53,54)31-14-7-6-8-15-31/h3,6-8,11-17,24-26H,1,4-5,9-10,18-23,27H2,2H3,(H,43,50)(H,42,44,45). The van der Waals surface area contributed by atoms with Crippen LogP contribution in [-0.2, 0) is 24.2 Å². The number of esters is 1. The summed E-state index contributed by atoms with van der Waals surface area (Å²) in [5, 5.41) is 20.8. The molecule has 1 saturated heterocycles. The number of hydrogen-bond acceptors (Lipinski definition) is 16. The lowest BCUT2D eigenvalue weighted by molar-refractivity contribution is -0.832. The highest BCUT2D eigenvalue weighted by Gasteiger charge is 2.35. The molecule has 2 N–H and O–H groups in total. The first-order valence-electron chi connectivity index (χ1n) is 18.9. The Morgan fingerprint density at radius 3 is 2.50 bits per heavy atom. The number of carbonyl (C=O) groups is 2. The number of aromatic nitrogens is 4. The number of halogens is 1.